The predicted octanol–water partition coefficient (Wildman–Crippen LogP) is 4.53. The van der Waals surface area contributed by atoms with Gasteiger partial charge < -0.3 is 15.4 Å². The quantitative estimate of drug-likeness (QED) is 0.783. The van der Waals surface area contributed by atoms with Gasteiger partial charge in [-0.15, -0.1) is 13.2 Å². The Morgan fingerprint density at radius 2 is 1.80 bits per heavy atom. The maximum absolute atomic E-state index is 12.1. The second kappa shape index (κ2) is 8.22. The summed E-state index contributed by atoms with van der Waals surface area (Å²) in [7, 11) is 0. The van der Waals surface area contributed by atoms with Gasteiger partial charge in [0.2, 0.25) is 5.91 Å². The van der Waals surface area contributed by atoms with E-state index in [-0.39, 0.29) is 24.2 Å². The van der Waals surface area contributed by atoms with E-state index in [1.807, 2.05) is 25.1 Å². The van der Waals surface area contributed by atoms with E-state index in [0.29, 0.717) is 10.7 Å². The van der Waals surface area contributed by atoms with E-state index in [2.05, 4.69) is 15.4 Å². The van der Waals surface area contributed by atoms with Crippen molar-refractivity contribution in [2.75, 3.05) is 11.9 Å². The third kappa shape index (κ3) is 6.28. The van der Waals surface area contributed by atoms with Crippen LogP contribution in [0.25, 0.3) is 0 Å². The average Bonchev–Trinajstić information content (AvgIpc) is 2.53. The van der Waals surface area contributed by atoms with Crippen LogP contribution in [0.4, 0.5) is 18.9 Å². The molecule has 0 radical (unpaired) electrons. The van der Waals surface area contributed by atoms with Crippen LogP contribution in [0, 0.1) is 0 Å². The van der Waals surface area contributed by atoms with E-state index < -0.39 is 6.36 Å². The highest BCUT2D eigenvalue weighted by Crippen LogP contribution is 2.24. The molecular formula is C17H16ClF3N2O2. The Hall–Kier alpha value is -2.25. The van der Waals surface area contributed by atoms with Crippen molar-refractivity contribution in [1.82, 2.24) is 5.32 Å². The molecule has 0 heterocycles. The van der Waals surface area contributed by atoms with Crippen LogP contribution >= 0.6 is 11.6 Å². The molecule has 2 aromatic carbocycles. The van der Waals surface area contributed by atoms with Gasteiger partial charge >= 0.3 is 6.36 Å². The van der Waals surface area contributed by atoms with Crippen LogP contribution in [0.5, 0.6) is 5.75 Å². The minimum absolute atomic E-state index is 0.0210. The predicted molar refractivity (Wildman–Crippen MR) is 89.6 cm³/mol. The van der Waals surface area contributed by atoms with Gasteiger partial charge in [0.05, 0.1) is 6.54 Å². The van der Waals surface area contributed by atoms with Crippen molar-refractivity contribution < 1.29 is 22.7 Å². The smallest absolute Gasteiger partial charge is 0.406 e. The number of alkyl halides is 3. The Bertz CT molecular complexity index is 721. The fraction of sp³-hybridized carbons (Fsp3) is 0.235. The molecule has 0 fully saturated rings. The Morgan fingerprint density at radius 1 is 1.16 bits per heavy atom. The molecule has 1 amide bonds. The molecule has 4 nitrogen and oxygen atoms in total. The summed E-state index contributed by atoms with van der Waals surface area (Å²) in [5.74, 6) is -0.681. The van der Waals surface area contributed by atoms with E-state index in [4.69, 9.17) is 11.6 Å². The number of anilines is 1. The number of carbonyl (C=O) groups excluding carboxylic acids is 1. The van der Waals surface area contributed by atoms with E-state index in [0.717, 1.165) is 17.7 Å². The van der Waals surface area contributed by atoms with Crippen molar-refractivity contribution in [1.29, 1.82) is 0 Å². The minimum Gasteiger partial charge on any atom is -0.406 e. The normalized spacial score (nSPS) is 12.5. The van der Waals surface area contributed by atoms with Crippen LogP contribution in [0.15, 0.2) is 48.5 Å². The van der Waals surface area contributed by atoms with Crippen molar-refractivity contribution >= 4 is 23.2 Å². The first-order valence-electron chi connectivity index (χ1n) is 7.38. The summed E-state index contributed by atoms with van der Waals surface area (Å²) in [4.78, 5) is 11.9. The molecule has 134 valence electrons. The number of benzene rings is 2. The van der Waals surface area contributed by atoms with Gasteiger partial charge in [-0.25, -0.2) is 0 Å². The lowest BCUT2D eigenvalue weighted by molar-refractivity contribution is -0.274. The zero-order valence-electron chi connectivity index (χ0n) is 13.2. The molecule has 2 N–H and O–H groups in total. The summed E-state index contributed by atoms with van der Waals surface area (Å²) in [6.07, 6.45) is -4.75. The lowest BCUT2D eigenvalue weighted by Gasteiger charge is -2.15. The van der Waals surface area contributed by atoms with Gasteiger partial charge in [0.25, 0.3) is 0 Å². The lowest BCUT2D eigenvalue weighted by Crippen LogP contribution is -2.30. The number of ether oxygens (including phenoxy) is 1. The fourth-order valence-corrected chi connectivity index (χ4v) is 2.43. The summed E-state index contributed by atoms with van der Waals surface area (Å²) >= 11 is 6.09. The highest BCUT2D eigenvalue weighted by atomic mass is 35.5. The molecule has 0 aliphatic heterocycles. The van der Waals surface area contributed by atoms with Crippen molar-refractivity contribution in [3.8, 4) is 5.75 Å². The van der Waals surface area contributed by atoms with Gasteiger partial charge in [-0.2, -0.15) is 0 Å². The highest BCUT2D eigenvalue weighted by Gasteiger charge is 2.30. The van der Waals surface area contributed by atoms with Gasteiger partial charge in [0.15, 0.2) is 0 Å². The van der Waals surface area contributed by atoms with Crippen LogP contribution in [-0.4, -0.2) is 18.8 Å². The third-order valence-electron chi connectivity index (χ3n) is 3.31. The number of hydrogen-bond donors (Lipinski definition) is 2. The van der Waals surface area contributed by atoms with E-state index in [1.54, 1.807) is 6.07 Å². The summed E-state index contributed by atoms with van der Waals surface area (Å²) in [6.45, 7) is 1.89. The molecule has 0 saturated carbocycles. The number of carbonyl (C=O) groups is 1. The molecule has 0 aliphatic carbocycles. The number of hydrogen-bond acceptors (Lipinski definition) is 3. The fourth-order valence-electron chi connectivity index (χ4n) is 2.13. The third-order valence-corrected chi connectivity index (χ3v) is 3.66. The van der Waals surface area contributed by atoms with E-state index in [9.17, 15) is 18.0 Å². The summed E-state index contributed by atoms with van der Waals surface area (Å²) < 4.78 is 40.0. The Kier molecular flexibility index (Phi) is 6.27. The van der Waals surface area contributed by atoms with Gasteiger partial charge in [0, 0.05) is 16.8 Å². The van der Waals surface area contributed by atoms with Crippen LogP contribution < -0.4 is 15.4 Å². The monoisotopic (exact) mass is 372 g/mol. The summed E-state index contributed by atoms with van der Waals surface area (Å²) in [5, 5.41) is 6.21. The second-order valence-corrected chi connectivity index (χ2v) is 5.65. The minimum atomic E-state index is -4.75. The molecule has 0 bridgehead atoms. The SMILES string of the molecule is C[C@H](NCC(=O)Nc1ccc(OC(F)(F)F)cc1)c1ccccc1Cl. The van der Waals surface area contributed by atoms with Crippen LogP contribution in [-0.2, 0) is 4.79 Å². The first-order valence-corrected chi connectivity index (χ1v) is 7.76. The van der Waals surface area contributed by atoms with Gasteiger partial charge in [-0.3, -0.25) is 4.79 Å². The zero-order valence-corrected chi connectivity index (χ0v) is 14.0. The van der Waals surface area contributed by atoms with Gasteiger partial charge in [-0.1, -0.05) is 29.8 Å². The number of amides is 1. The van der Waals surface area contributed by atoms with Gasteiger partial charge in [-0.05, 0) is 42.8 Å². The largest absolute Gasteiger partial charge is 0.573 e. The summed E-state index contributed by atoms with van der Waals surface area (Å²) in [5.41, 5.74) is 1.23. The molecule has 0 aliphatic rings. The van der Waals surface area contributed by atoms with Crippen molar-refractivity contribution in [3.05, 3.63) is 59.1 Å². The molecular weight excluding hydrogens is 357 g/mol. The molecule has 25 heavy (non-hydrogen) atoms. The molecule has 2 aromatic rings. The molecule has 0 spiro atoms. The Morgan fingerprint density at radius 3 is 2.40 bits per heavy atom. The number of rotatable bonds is 6. The van der Waals surface area contributed by atoms with E-state index in [1.165, 1.54) is 12.1 Å². The van der Waals surface area contributed by atoms with Crippen molar-refractivity contribution in [3.63, 3.8) is 0 Å². The van der Waals surface area contributed by atoms with Gasteiger partial charge in [0.1, 0.15) is 5.75 Å². The maximum Gasteiger partial charge on any atom is 0.573 e. The van der Waals surface area contributed by atoms with Crippen LogP contribution in [0.2, 0.25) is 5.02 Å². The molecule has 0 aromatic heterocycles. The molecule has 1 atom stereocenters. The molecule has 0 saturated heterocycles. The Labute approximate surface area is 147 Å². The van der Waals surface area contributed by atoms with Crippen LogP contribution in [0.3, 0.4) is 0 Å². The number of halogens is 4. The standard InChI is InChI=1S/C17H16ClF3N2O2/c1-11(14-4-2-3-5-15(14)18)22-10-16(24)23-12-6-8-13(9-7-12)25-17(19,20)21/h2-9,11,22H,10H2,1H3,(H,23,24)/t11-/m0/s1. The first kappa shape index (κ1) is 19.1. The average molecular weight is 373 g/mol. The zero-order chi connectivity index (χ0) is 18.4. The molecule has 2 rings (SSSR count). The molecule has 0 unspecified atom stereocenters. The second-order valence-electron chi connectivity index (χ2n) is 5.24. The lowest BCUT2D eigenvalue weighted by atomic mass is 10.1. The van der Waals surface area contributed by atoms with Crippen LogP contribution in [0.1, 0.15) is 18.5 Å². The molecule has 8 heteroatoms. The van der Waals surface area contributed by atoms with E-state index >= 15 is 0 Å². The highest BCUT2D eigenvalue weighted by molar-refractivity contribution is 6.31. The number of nitrogens with one attached hydrogen (secondary N) is 2. The van der Waals surface area contributed by atoms with Crippen molar-refractivity contribution in [2.24, 2.45) is 0 Å². The summed E-state index contributed by atoms with van der Waals surface area (Å²) in [6, 6.07) is 12.1. The maximum atomic E-state index is 12.1. The first-order chi connectivity index (χ1) is 11.7. The Balaban J connectivity index is 1.85. The topological polar surface area (TPSA) is 50.4 Å². The van der Waals surface area contributed by atoms with Crippen molar-refractivity contribution in [2.45, 2.75) is 19.3 Å².